The van der Waals surface area contributed by atoms with E-state index in [0.717, 1.165) is 13.7 Å². The molecular formula is C73H70F6N24O10. The molecule has 3 saturated carbocycles. The van der Waals surface area contributed by atoms with Crippen LogP contribution in [0.2, 0.25) is 0 Å². The number of fused-ring (bicyclic) bond motifs is 3. The topological polar surface area (TPSA) is 390 Å². The van der Waals surface area contributed by atoms with E-state index < -0.39 is 112 Å². The van der Waals surface area contributed by atoms with E-state index in [-0.39, 0.29) is 116 Å². The summed E-state index contributed by atoms with van der Waals surface area (Å²) in [4.78, 5) is 131. The highest BCUT2D eigenvalue weighted by atomic mass is 19.2. The molecule has 3 aliphatic rings. The van der Waals surface area contributed by atoms with Crippen LogP contribution < -0.4 is 63.7 Å². The average molecular weight is 1560 g/mol. The Labute approximate surface area is 634 Å². The van der Waals surface area contributed by atoms with Crippen LogP contribution in [-0.4, -0.2) is 171 Å². The van der Waals surface area contributed by atoms with E-state index in [1.54, 1.807) is 60.7 Å². The fourth-order valence-corrected chi connectivity index (χ4v) is 11.1. The maximum atomic E-state index is 14.4. The van der Waals surface area contributed by atoms with Crippen LogP contribution >= 0.6 is 0 Å². The van der Waals surface area contributed by atoms with Gasteiger partial charge in [-0.3, -0.25) is 52.3 Å². The summed E-state index contributed by atoms with van der Waals surface area (Å²) in [5.41, 5.74) is -2.73. The Hall–Kier alpha value is -14.1. The molecule has 7 N–H and O–H groups in total. The number of alkyl halides is 3. The zero-order valence-electron chi connectivity index (χ0n) is 61.4. The Morgan fingerprint density at radius 2 is 0.761 bits per heavy atom. The van der Waals surface area contributed by atoms with E-state index in [0.29, 0.717) is 5.82 Å². The molecule has 0 aliphatic heterocycles. The van der Waals surface area contributed by atoms with Crippen LogP contribution in [0.4, 0.5) is 87.9 Å². The number of nitrogens with one attached hydrogen (secondary N) is 7. The molecule has 0 unspecified atom stereocenters. The molecule has 0 saturated heterocycles. The second-order valence-corrected chi connectivity index (χ2v) is 27.8. The summed E-state index contributed by atoms with van der Waals surface area (Å²) in [6.45, 7) is 10.3. The standard InChI is InChI=1S/2C26H26F2N8O4.C21H18F2N8O2/c2*1-26(2,3)40-25(39)34(4)20-12-19(33-21-14(13-30-36(20)21)23(37)32-18-11-16(18)28)31-17-8-6-10-35(24(17)38)22-15(27)7-5-9-29-22;1-24-17-9-16(29-18-11(10-26-31(17)18)20(32)28-15-8-13(15)23)27-14-5-3-7-30(21(14)33)19-12(22)4-2-6-25-19/h2*5-10,12-13,16,18H,11H2,1-4H3,(H,31,33)(H,32,37);2-7,9-10,13,15,24H,8H2,1H3,(H,27,29)(H,28,32)/t2*16-,18+;13-,15+/m000/s1. The van der Waals surface area contributed by atoms with Crippen molar-refractivity contribution in [2.75, 3.05) is 52.2 Å². The first-order chi connectivity index (χ1) is 53.8. The molecule has 40 heteroatoms. The van der Waals surface area contributed by atoms with Crippen LogP contribution in [0.25, 0.3) is 34.4 Å². The number of hydrogen-bond donors (Lipinski definition) is 7. The number of ether oxygens (including phenoxy) is 2. The molecule has 0 spiro atoms. The number of aromatic nitrogens is 15. The van der Waals surface area contributed by atoms with E-state index in [2.05, 4.69) is 82.4 Å². The summed E-state index contributed by atoms with van der Waals surface area (Å²) in [5.74, 6) is -3.04. The highest BCUT2D eigenvalue weighted by Gasteiger charge is 2.42. The predicted molar refractivity (Wildman–Crippen MR) is 399 cm³/mol. The lowest BCUT2D eigenvalue weighted by Crippen LogP contribution is -2.35. The molecule has 0 bridgehead atoms. The van der Waals surface area contributed by atoms with Gasteiger partial charge in [0.2, 0.25) is 0 Å². The van der Waals surface area contributed by atoms with Gasteiger partial charge >= 0.3 is 12.2 Å². The van der Waals surface area contributed by atoms with Gasteiger partial charge in [0.25, 0.3) is 34.4 Å². The first kappa shape index (κ1) is 77.1. The van der Waals surface area contributed by atoms with Crippen molar-refractivity contribution in [2.24, 2.45) is 0 Å². The Bertz CT molecular complexity index is 5670. The smallest absolute Gasteiger partial charge is 0.415 e. The molecule has 5 amide bonds. The number of nitrogens with zero attached hydrogens (tertiary/aromatic N) is 17. The number of carbonyl (C=O) groups is 5. The predicted octanol–water partition coefficient (Wildman–Crippen LogP) is 8.78. The van der Waals surface area contributed by atoms with Crippen molar-refractivity contribution in [3.8, 4) is 17.5 Å². The van der Waals surface area contributed by atoms with Gasteiger partial charge in [0.15, 0.2) is 51.8 Å². The summed E-state index contributed by atoms with van der Waals surface area (Å²) >= 11 is 0. The second kappa shape index (κ2) is 31.1. The summed E-state index contributed by atoms with van der Waals surface area (Å²) in [7, 11) is 4.56. The molecule has 3 fully saturated rings. The van der Waals surface area contributed by atoms with E-state index in [1.165, 1.54) is 172 Å². The third kappa shape index (κ3) is 17.0. The quantitative estimate of drug-likeness (QED) is 0.0394. The number of pyridine rings is 6. The Kier molecular flexibility index (Phi) is 21.2. The number of anilines is 9. The maximum Gasteiger partial charge on any atom is 0.415 e. The van der Waals surface area contributed by atoms with Gasteiger partial charge in [-0.1, -0.05) is 0 Å². The molecule has 6 atom stereocenters. The van der Waals surface area contributed by atoms with Crippen molar-refractivity contribution in [2.45, 2.75) is 109 Å². The first-order valence-corrected chi connectivity index (χ1v) is 34.7. The SMILES string of the molecule is CN(C(=O)OC(C)(C)C)c1cc(Nc2cccn(-c3ncccc3F)c2=O)nc2c(C(=O)N[C@@H]3C[C@@H]3F)cnn12.CN(C(=O)OC(C)(C)C)c1cc(Nc2cccn(-c3ncccc3F)c2=O)nc2c(C(=O)N[C@@H]3C[C@@H]3F)cnn12.CNc1cc(Nc2cccn(-c3ncccc3F)c2=O)nc2c(C(=O)N[C@@H]3C[C@@H]3F)cnn12. The molecule has 584 valence electrons. The van der Waals surface area contributed by atoms with Gasteiger partial charge in [-0.2, -0.15) is 28.8 Å². The lowest BCUT2D eigenvalue weighted by Gasteiger charge is -2.25. The average Bonchev–Trinajstić information content (AvgIpc) is 1.66. The van der Waals surface area contributed by atoms with Gasteiger partial charge in [0.05, 0.1) is 36.7 Å². The molecule has 3 aliphatic carbocycles. The molecule has 12 aromatic rings. The number of halogens is 6. The summed E-state index contributed by atoms with van der Waals surface area (Å²) in [5, 5.41) is 32.0. The normalized spacial score (nSPS) is 16.6. The van der Waals surface area contributed by atoms with Gasteiger partial charge in [-0.25, -0.2) is 65.8 Å². The van der Waals surface area contributed by atoms with Gasteiger partial charge in [0, 0.05) is 95.8 Å². The van der Waals surface area contributed by atoms with Gasteiger partial charge in [-0.15, -0.1) is 0 Å². The number of hydrogen-bond acceptors (Lipinski definition) is 23. The molecule has 12 heterocycles. The zero-order valence-corrected chi connectivity index (χ0v) is 61.4. The Balaban J connectivity index is 0.000000149. The van der Waals surface area contributed by atoms with Crippen molar-refractivity contribution in [3.63, 3.8) is 0 Å². The van der Waals surface area contributed by atoms with Crippen molar-refractivity contribution < 1.29 is 59.8 Å². The van der Waals surface area contributed by atoms with Crippen molar-refractivity contribution in [1.82, 2.24) is 88.4 Å². The molecule has 113 heavy (non-hydrogen) atoms. The van der Waals surface area contributed by atoms with Crippen molar-refractivity contribution >= 4 is 98.8 Å². The Morgan fingerprint density at radius 3 is 1.05 bits per heavy atom. The van der Waals surface area contributed by atoms with Gasteiger partial charge < -0.3 is 46.7 Å². The molecular weight excluding hydrogens is 1490 g/mol. The summed E-state index contributed by atoms with van der Waals surface area (Å²) in [6, 6.07) is 19.6. The number of rotatable bonds is 18. The fourth-order valence-electron chi connectivity index (χ4n) is 11.1. The minimum Gasteiger partial charge on any atom is -0.443 e. The first-order valence-electron chi connectivity index (χ1n) is 34.7. The highest BCUT2D eigenvalue weighted by molar-refractivity contribution is 6.02. The fraction of sp³-hybridized carbons (Fsp3) is 0.274. The lowest BCUT2D eigenvalue weighted by atomic mass is 10.2. The third-order valence-corrected chi connectivity index (χ3v) is 17.0. The molecule has 0 aromatic carbocycles. The number of amides is 5. The van der Waals surface area contributed by atoms with Crippen LogP contribution in [0.15, 0.2) is 161 Å². The van der Waals surface area contributed by atoms with Crippen LogP contribution in [0.1, 0.15) is 91.9 Å². The van der Waals surface area contributed by atoms with Crippen LogP contribution in [0.3, 0.4) is 0 Å². The molecule has 0 radical (unpaired) electrons. The van der Waals surface area contributed by atoms with Crippen molar-refractivity contribution in [3.05, 3.63) is 212 Å². The Morgan fingerprint density at radius 1 is 0.460 bits per heavy atom. The number of carbonyl (C=O) groups excluding carboxylic acids is 5. The lowest BCUT2D eigenvalue weighted by molar-refractivity contribution is 0.0577. The second-order valence-electron chi connectivity index (χ2n) is 27.8. The summed E-state index contributed by atoms with van der Waals surface area (Å²) in [6.07, 6.45) is 8.12. The molecule has 15 rings (SSSR count). The summed E-state index contributed by atoms with van der Waals surface area (Å²) < 4.78 is 101. The molecule has 34 nitrogen and oxygen atoms in total. The van der Waals surface area contributed by atoms with Crippen LogP contribution in [0, 0.1) is 17.5 Å². The van der Waals surface area contributed by atoms with Gasteiger partial charge in [-0.05, 0) is 114 Å². The van der Waals surface area contributed by atoms with E-state index >= 15 is 0 Å². The van der Waals surface area contributed by atoms with E-state index in [9.17, 15) is 64.7 Å². The maximum absolute atomic E-state index is 14.4. The zero-order chi connectivity index (χ0) is 80.6. The largest absolute Gasteiger partial charge is 0.443 e. The molecule has 12 aromatic heterocycles. The minimum atomic E-state index is -1.12. The highest BCUT2D eigenvalue weighted by Crippen LogP contribution is 2.32. The monoisotopic (exact) mass is 1560 g/mol. The van der Waals surface area contributed by atoms with E-state index in [1.807, 2.05) is 0 Å². The van der Waals surface area contributed by atoms with E-state index in [4.69, 9.17) is 9.47 Å². The van der Waals surface area contributed by atoms with Crippen LogP contribution in [-0.2, 0) is 9.47 Å². The van der Waals surface area contributed by atoms with Crippen LogP contribution in [0.5, 0.6) is 0 Å². The van der Waals surface area contributed by atoms with Gasteiger partial charge in [0.1, 0.15) is 98.4 Å². The third-order valence-electron chi connectivity index (χ3n) is 17.0. The minimum absolute atomic E-state index is 0.0130. The van der Waals surface area contributed by atoms with Crippen molar-refractivity contribution in [1.29, 1.82) is 0 Å².